The fourth-order valence-electron chi connectivity index (χ4n) is 2.36. The first-order valence-corrected chi connectivity index (χ1v) is 7.81. The van der Waals surface area contributed by atoms with Crippen LogP contribution in [0.5, 0.6) is 0 Å². The molecular formula is C18H26N2O. The molecule has 3 nitrogen and oxygen atoms in total. The molecule has 1 aliphatic carbocycles. The van der Waals surface area contributed by atoms with Gasteiger partial charge in [0.1, 0.15) is 0 Å². The highest BCUT2D eigenvalue weighted by Gasteiger charge is 2.23. The van der Waals surface area contributed by atoms with Crippen LogP contribution in [0.4, 0.5) is 0 Å². The van der Waals surface area contributed by atoms with Crippen molar-refractivity contribution in [2.75, 3.05) is 13.6 Å². The van der Waals surface area contributed by atoms with Crippen molar-refractivity contribution in [2.24, 2.45) is 5.92 Å². The van der Waals surface area contributed by atoms with Crippen LogP contribution in [0.15, 0.2) is 35.9 Å². The molecule has 1 aromatic carbocycles. The van der Waals surface area contributed by atoms with Gasteiger partial charge in [-0.3, -0.25) is 4.79 Å². The zero-order chi connectivity index (χ0) is 15.2. The number of nitrogens with one attached hydrogen (secondary N) is 1. The first-order valence-electron chi connectivity index (χ1n) is 7.81. The Kier molecular flexibility index (Phi) is 5.57. The molecule has 0 aliphatic heterocycles. The SMILES string of the molecule is CCN(C)Cc1cccc(CNC(=O)/C=C(\C)C2CC2)c1. The molecule has 0 aromatic heterocycles. The maximum atomic E-state index is 11.9. The molecule has 1 N–H and O–H groups in total. The highest BCUT2D eigenvalue weighted by molar-refractivity contribution is 5.88. The van der Waals surface area contributed by atoms with Crippen molar-refractivity contribution in [3.8, 4) is 0 Å². The minimum atomic E-state index is 0.0236. The first kappa shape index (κ1) is 15.8. The van der Waals surface area contributed by atoms with Crippen molar-refractivity contribution in [1.82, 2.24) is 10.2 Å². The summed E-state index contributed by atoms with van der Waals surface area (Å²) in [5.74, 6) is 0.680. The molecule has 3 heteroatoms. The highest BCUT2D eigenvalue weighted by atomic mass is 16.1. The lowest BCUT2D eigenvalue weighted by Gasteiger charge is -2.14. The molecule has 1 saturated carbocycles. The van der Waals surface area contributed by atoms with Gasteiger partial charge in [0.25, 0.3) is 0 Å². The number of carbonyl (C=O) groups is 1. The molecule has 1 aromatic rings. The molecule has 0 bridgehead atoms. The Morgan fingerprint density at radius 2 is 2.10 bits per heavy atom. The summed E-state index contributed by atoms with van der Waals surface area (Å²) in [5.41, 5.74) is 3.66. The van der Waals surface area contributed by atoms with Crippen LogP contribution in [-0.2, 0) is 17.9 Å². The number of carbonyl (C=O) groups excluding carboxylic acids is 1. The van der Waals surface area contributed by atoms with Crippen LogP contribution in [0, 0.1) is 5.92 Å². The molecule has 21 heavy (non-hydrogen) atoms. The molecule has 0 saturated heterocycles. The van der Waals surface area contributed by atoms with E-state index in [0.717, 1.165) is 18.7 Å². The molecule has 2 rings (SSSR count). The lowest BCUT2D eigenvalue weighted by atomic mass is 10.1. The molecule has 0 atom stereocenters. The lowest BCUT2D eigenvalue weighted by molar-refractivity contribution is -0.116. The quantitative estimate of drug-likeness (QED) is 0.781. The predicted molar refractivity (Wildman–Crippen MR) is 86.8 cm³/mol. The Morgan fingerprint density at radius 3 is 2.76 bits per heavy atom. The van der Waals surface area contributed by atoms with Gasteiger partial charge in [-0.1, -0.05) is 36.8 Å². The number of nitrogens with zero attached hydrogens (tertiary/aromatic N) is 1. The van der Waals surface area contributed by atoms with E-state index in [-0.39, 0.29) is 5.91 Å². The largest absolute Gasteiger partial charge is 0.348 e. The standard InChI is InChI=1S/C18H26N2O/c1-4-20(3)13-16-7-5-6-15(11-16)12-19-18(21)10-14(2)17-8-9-17/h5-7,10-11,17H,4,8-9,12-13H2,1-3H3,(H,19,21)/b14-10+. The minimum Gasteiger partial charge on any atom is -0.348 e. The van der Waals surface area contributed by atoms with Gasteiger partial charge in [0, 0.05) is 19.2 Å². The van der Waals surface area contributed by atoms with Crippen LogP contribution in [0.1, 0.15) is 37.8 Å². The fourth-order valence-corrected chi connectivity index (χ4v) is 2.36. The first-order chi connectivity index (χ1) is 10.1. The second-order valence-electron chi connectivity index (χ2n) is 6.03. The highest BCUT2D eigenvalue weighted by Crippen LogP contribution is 2.35. The van der Waals surface area contributed by atoms with E-state index in [1.165, 1.54) is 24.0 Å². The number of hydrogen-bond acceptors (Lipinski definition) is 2. The van der Waals surface area contributed by atoms with Gasteiger partial charge in [0.15, 0.2) is 0 Å². The predicted octanol–water partition coefficient (Wildman–Crippen LogP) is 3.11. The van der Waals surface area contributed by atoms with Crippen LogP contribution in [0.3, 0.4) is 0 Å². The molecule has 1 fully saturated rings. The van der Waals surface area contributed by atoms with Crippen LogP contribution < -0.4 is 5.32 Å². The maximum Gasteiger partial charge on any atom is 0.244 e. The van der Waals surface area contributed by atoms with Gasteiger partial charge in [-0.05, 0) is 50.4 Å². The van der Waals surface area contributed by atoms with Gasteiger partial charge < -0.3 is 10.2 Å². The van der Waals surface area contributed by atoms with Crippen molar-refractivity contribution >= 4 is 5.91 Å². The number of rotatable bonds is 7. The molecule has 1 aliphatic rings. The summed E-state index contributed by atoms with van der Waals surface area (Å²) in [6, 6.07) is 8.43. The van der Waals surface area contributed by atoms with Crippen LogP contribution in [0.25, 0.3) is 0 Å². The summed E-state index contributed by atoms with van der Waals surface area (Å²) in [4.78, 5) is 14.1. The minimum absolute atomic E-state index is 0.0236. The molecule has 0 unspecified atom stereocenters. The molecule has 114 valence electrons. The topological polar surface area (TPSA) is 32.3 Å². The van der Waals surface area contributed by atoms with Crippen molar-refractivity contribution < 1.29 is 4.79 Å². The monoisotopic (exact) mass is 286 g/mol. The van der Waals surface area contributed by atoms with E-state index >= 15 is 0 Å². The van der Waals surface area contributed by atoms with E-state index < -0.39 is 0 Å². The number of hydrogen-bond donors (Lipinski definition) is 1. The van der Waals surface area contributed by atoms with Crippen molar-refractivity contribution in [3.63, 3.8) is 0 Å². The van der Waals surface area contributed by atoms with Crippen molar-refractivity contribution in [1.29, 1.82) is 0 Å². The van der Waals surface area contributed by atoms with Gasteiger partial charge in [-0.25, -0.2) is 0 Å². The van der Waals surface area contributed by atoms with Crippen LogP contribution >= 0.6 is 0 Å². The Bertz CT molecular complexity index is 518. The summed E-state index contributed by atoms with van der Waals surface area (Å²) in [6.45, 7) is 6.78. The average molecular weight is 286 g/mol. The summed E-state index contributed by atoms with van der Waals surface area (Å²) < 4.78 is 0. The summed E-state index contributed by atoms with van der Waals surface area (Å²) in [6.07, 6.45) is 4.23. The van der Waals surface area contributed by atoms with Crippen LogP contribution in [-0.4, -0.2) is 24.4 Å². The Hall–Kier alpha value is -1.61. The fraction of sp³-hybridized carbons (Fsp3) is 0.500. The summed E-state index contributed by atoms with van der Waals surface area (Å²) in [5, 5.41) is 2.98. The van der Waals surface area contributed by atoms with Gasteiger partial charge in [-0.2, -0.15) is 0 Å². The van der Waals surface area contributed by atoms with Crippen molar-refractivity contribution in [3.05, 3.63) is 47.0 Å². The third-order valence-corrected chi connectivity index (χ3v) is 4.03. The van der Waals surface area contributed by atoms with E-state index in [1.54, 1.807) is 6.08 Å². The van der Waals surface area contributed by atoms with Gasteiger partial charge in [0.05, 0.1) is 0 Å². The van der Waals surface area contributed by atoms with Gasteiger partial charge in [-0.15, -0.1) is 0 Å². The third-order valence-electron chi connectivity index (χ3n) is 4.03. The zero-order valence-corrected chi connectivity index (χ0v) is 13.4. The van der Waals surface area contributed by atoms with Crippen molar-refractivity contribution in [2.45, 2.75) is 39.8 Å². The average Bonchev–Trinajstić information content (AvgIpc) is 3.30. The zero-order valence-electron chi connectivity index (χ0n) is 13.4. The molecule has 1 amide bonds. The molecular weight excluding hydrogens is 260 g/mol. The third kappa shape index (κ3) is 5.35. The number of amides is 1. The number of allylic oxidation sites excluding steroid dienone is 1. The summed E-state index contributed by atoms with van der Waals surface area (Å²) in [7, 11) is 2.11. The lowest BCUT2D eigenvalue weighted by Crippen LogP contribution is -2.21. The Labute approximate surface area is 128 Å². The normalized spacial score (nSPS) is 15.3. The van der Waals surface area contributed by atoms with E-state index in [2.05, 4.69) is 55.4 Å². The molecule has 0 heterocycles. The molecule has 0 radical (unpaired) electrons. The maximum absolute atomic E-state index is 11.9. The Morgan fingerprint density at radius 1 is 1.38 bits per heavy atom. The van der Waals surface area contributed by atoms with E-state index in [0.29, 0.717) is 12.5 Å². The molecule has 0 spiro atoms. The smallest absolute Gasteiger partial charge is 0.244 e. The Balaban J connectivity index is 1.86. The van der Waals surface area contributed by atoms with Gasteiger partial charge in [0.2, 0.25) is 5.91 Å². The second-order valence-corrected chi connectivity index (χ2v) is 6.03. The summed E-state index contributed by atoms with van der Waals surface area (Å²) >= 11 is 0. The van der Waals surface area contributed by atoms with Crippen LogP contribution in [0.2, 0.25) is 0 Å². The van der Waals surface area contributed by atoms with Gasteiger partial charge >= 0.3 is 0 Å². The van der Waals surface area contributed by atoms with E-state index in [4.69, 9.17) is 0 Å². The second kappa shape index (κ2) is 7.41. The van der Waals surface area contributed by atoms with E-state index in [9.17, 15) is 4.79 Å². The number of benzene rings is 1. The van der Waals surface area contributed by atoms with E-state index in [1.807, 2.05) is 0 Å².